The summed E-state index contributed by atoms with van der Waals surface area (Å²) in [5.74, 6) is 1.05. The molecule has 6 heteroatoms. The number of carbonyl (C=O) groups excluding carboxylic acids is 1. The van der Waals surface area contributed by atoms with Crippen molar-refractivity contribution >= 4 is 5.91 Å². The van der Waals surface area contributed by atoms with Crippen molar-refractivity contribution in [3.63, 3.8) is 0 Å². The van der Waals surface area contributed by atoms with E-state index in [-0.39, 0.29) is 12.5 Å². The molecule has 1 amide bonds. The lowest BCUT2D eigenvalue weighted by atomic mass is 10.0. The van der Waals surface area contributed by atoms with Gasteiger partial charge in [-0.3, -0.25) is 9.69 Å². The molecule has 2 unspecified atom stereocenters. The molecule has 0 radical (unpaired) electrons. The van der Waals surface area contributed by atoms with Crippen LogP contribution in [0, 0.1) is 0 Å². The predicted octanol–water partition coefficient (Wildman–Crippen LogP) is 2.50. The standard InChI is InChI=1S/C21H28N2O4/c1-22(2)20(15-9-7-6-8-10-15)21(25)23(3)14-17(24)16-11-12-18(26-4)19(13-16)27-5/h6-13,17,20,24H,14H2,1-5H3. The van der Waals surface area contributed by atoms with Crippen molar-refractivity contribution in [1.29, 1.82) is 0 Å². The maximum Gasteiger partial charge on any atom is 0.244 e. The minimum absolute atomic E-state index is 0.0780. The summed E-state index contributed by atoms with van der Waals surface area (Å²) >= 11 is 0. The van der Waals surface area contributed by atoms with Crippen LogP contribution in [-0.2, 0) is 4.79 Å². The number of ether oxygens (including phenoxy) is 2. The van der Waals surface area contributed by atoms with Crippen LogP contribution >= 0.6 is 0 Å². The molecule has 2 aromatic rings. The minimum atomic E-state index is -0.836. The third-order valence-electron chi connectivity index (χ3n) is 4.48. The summed E-state index contributed by atoms with van der Waals surface area (Å²) in [6, 6.07) is 14.4. The molecule has 27 heavy (non-hydrogen) atoms. The Morgan fingerprint density at radius 1 is 0.963 bits per heavy atom. The van der Waals surface area contributed by atoms with E-state index in [0.29, 0.717) is 17.1 Å². The van der Waals surface area contributed by atoms with Crippen molar-refractivity contribution in [2.45, 2.75) is 12.1 Å². The van der Waals surface area contributed by atoms with E-state index in [1.165, 1.54) is 0 Å². The zero-order chi connectivity index (χ0) is 20.0. The summed E-state index contributed by atoms with van der Waals surface area (Å²) in [6.45, 7) is 0.172. The molecule has 0 saturated carbocycles. The topological polar surface area (TPSA) is 62.2 Å². The van der Waals surface area contributed by atoms with Gasteiger partial charge in [0, 0.05) is 7.05 Å². The van der Waals surface area contributed by atoms with Gasteiger partial charge in [0.05, 0.1) is 26.9 Å². The maximum absolute atomic E-state index is 13.0. The van der Waals surface area contributed by atoms with Crippen LogP contribution in [-0.4, -0.2) is 62.7 Å². The molecule has 0 aliphatic carbocycles. The quantitative estimate of drug-likeness (QED) is 0.771. The fourth-order valence-electron chi connectivity index (χ4n) is 3.02. The van der Waals surface area contributed by atoms with Crippen LogP contribution in [0.3, 0.4) is 0 Å². The second-order valence-electron chi connectivity index (χ2n) is 6.63. The highest BCUT2D eigenvalue weighted by molar-refractivity contribution is 5.83. The van der Waals surface area contributed by atoms with Gasteiger partial charge < -0.3 is 19.5 Å². The van der Waals surface area contributed by atoms with Gasteiger partial charge >= 0.3 is 0 Å². The average Bonchev–Trinajstić information content (AvgIpc) is 2.67. The van der Waals surface area contributed by atoms with Crippen LogP contribution < -0.4 is 9.47 Å². The van der Waals surface area contributed by atoms with Gasteiger partial charge in [-0.2, -0.15) is 0 Å². The van der Waals surface area contributed by atoms with Crippen LogP contribution in [0.1, 0.15) is 23.3 Å². The number of nitrogens with zero attached hydrogens (tertiary/aromatic N) is 2. The van der Waals surface area contributed by atoms with E-state index in [0.717, 1.165) is 5.56 Å². The maximum atomic E-state index is 13.0. The minimum Gasteiger partial charge on any atom is -0.493 e. The number of carbonyl (C=O) groups is 1. The summed E-state index contributed by atoms with van der Waals surface area (Å²) < 4.78 is 10.5. The molecule has 0 aromatic heterocycles. The number of amides is 1. The van der Waals surface area contributed by atoms with Crippen molar-refractivity contribution < 1.29 is 19.4 Å². The molecule has 0 aliphatic heterocycles. The highest BCUT2D eigenvalue weighted by Crippen LogP contribution is 2.30. The summed E-state index contributed by atoms with van der Waals surface area (Å²) in [7, 11) is 8.55. The van der Waals surface area contributed by atoms with E-state index in [1.54, 1.807) is 44.4 Å². The monoisotopic (exact) mass is 372 g/mol. The summed E-state index contributed by atoms with van der Waals surface area (Å²) in [6.07, 6.45) is -0.836. The SMILES string of the molecule is COc1ccc(C(O)CN(C)C(=O)C(c2ccccc2)N(C)C)cc1OC. The first-order chi connectivity index (χ1) is 12.9. The largest absolute Gasteiger partial charge is 0.493 e. The Labute approximate surface area is 160 Å². The highest BCUT2D eigenvalue weighted by Gasteiger charge is 2.27. The van der Waals surface area contributed by atoms with Crippen LogP contribution in [0.25, 0.3) is 0 Å². The molecule has 0 bridgehead atoms. The van der Waals surface area contributed by atoms with Crippen LogP contribution in [0.15, 0.2) is 48.5 Å². The molecular formula is C21H28N2O4. The number of hydrogen-bond donors (Lipinski definition) is 1. The van der Waals surface area contributed by atoms with Crippen LogP contribution in [0.2, 0.25) is 0 Å². The van der Waals surface area contributed by atoms with E-state index < -0.39 is 12.1 Å². The average molecular weight is 372 g/mol. The van der Waals surface area contributed by atoms with Crippen molar-refractivity contribution in [3.8, 4) is 11.5 Å². The second-order valence-corrected chi connectivity index (χ2v) is 6.63. The molecule has 0 spiro atoms. The van der Waals surface area contributed by atoms with Crippen LogP contribution in [0.5, 0.6) is 11.5 Å². The van der Waals surface area contributed by atoms with Gasteiger partial charge in [-0.15, -0.1) is 0 Å². The van der Waals surface area contributed by atoms with Gasteiger partial charge in [-0.05, 0) is 37.4 Å². The normalized spacial score (nSPS) is 13.1. The Morgan fingerprint density at radius 3 is 2.15 bits per heavy atom. The first kappa shape index (κ1) is 20.7. The number of hydrogen-bond acceptors (Lipinski definition) is 5. The van der Waals surface area contributed by atoms with Crippen molar-refractivity contribution in [1.82, 2.24) is 9.80 Å². The lowest BCUT2D eigenvalue weighted by Gasteiger charge is -2.30. The van der Waals surface area contributed by atoms with Gasteiger partial charge in [0.2, 0.25) is 5.91 Å². The van der Waals surface area contributed by atoms with E-state index in [2.05, 4.69) is 0 Å². The number of benzene rings is 2. The second kappa shape index (κ2) is 9.39. The Hall–Kier alpha value is -2.57. The Kier molecular flexibility index (Phi) is 7.21. The van der Waals surface area contributed by atoms with Gasteiger partial charge in [-0.25, -0.2) is 0 Å². The van der Waals surface area contributed by atoms with Crippen molar-refractivity contribution in [3.05, 3.63) is 59.7 Å². The van der Waals surface area contributed by atoms with E-state index >= 15 is 0 Å². The Balaban J connectivity index is 2.15. The first-order valence-corrected chi connectivity index (χ1v) is 8.75. The Morgan fingerprint density at radius 2 is 1.59 bits per heavy atom. The van der Waals surface area contributed by atoms with Gasteiger partial charge in [0.15, 0.2) is 11.5 Å². The van der Waals surface area contributed by atoms with Gasteiger partial charge in [0.25, 0.3) is 0 Å². The molecule has 0 fully saturated rings. The number of aliphatic hydroxyl groups excluding tert-OH is 1. The molecule has 0 heterocycles. The smallest absolute Gasteiger partial charge is 0.244 e. The van der Waals surface area contributed by atoms with E-state index in [4.69, 9.17) is 9.47 Å². The summed E-state index contributed by atoms with van der Waals surface area (Å²) in [5.41, 5.74) is 1.58. The fourth-order valence-corrected chi connectivity index (χ4v) is 3.02. The Bertz CT molecular complexity index is 749. The summed E-state index contributed by atoms with van der Waals surface area (Å²) in [5, 5.41) is 10.6. The van der Waals surface area contributed by atoms with Crippen LogP contribution in [0.4, 0.5) is 0 Å². The molecule has 1 N–H and O–H groups in total. The number of rotatable bonds is 8. The highest BCUT2D eigenvalue weighted by atomic mass is 16.5. The number of aliphatic hydroxyl groups is 1. The third-order valence-corrected chi connectivity index (χ3v) is 4.48. The van der Waals surface area contributed by atoms with Crippen molar-refractivity contribution in [2.75, 3.05) is 41.9 Å². The number of methoxy groups -OCH3 is 2. The zero-order valence-corrected chi connectivity index (χ0v) is 16.5. The number of likely N-dealkylation sites (N-methyl/N-ethyl adjacent to an activating group) is 2. The zero-order valence-electron chi connectivity index (χ0n) is 16.5. The van der Waals surface area contributed by atoms with E-state index in [1.807, 2.05) is 49.3 Å². The van der Waals surface area contributed by atoms with Crippen molar-refractivity contribution in [2.24, 2.45) is 0 Å². The molecule has 2 rings (SSSR count). The predicted molar refractivity (Wildman–Crippen MR) is 105 cm³/mol. The first-order valence-electron chi connectivity index (χ1n) is 8.75. The molecule has 2 aromatic carbocycles. The third kappa shape index (κ3) is 4.99. The lowest BCUT2D eigenvalue weighted by molar-refractivity contribution is -0.136. The fraction of sp³-hybridized carbons (Fsp3) is 0.381. The summed E-state index contributed by atoms with van der Waals surface area (Å²) in [4.78, 5) is 16.4. The van der Waals surface area contributed by atoms with E-state index in [9.17, 15) is 9.90 Å². The molecular weight excluding hydrogens is 344 g/mol. The lowest BCUT2D eigenvalue weighted by Crippen LogP contribution is -2.40. The molecule has 146 valence electrons. The molecule has 0 saturated heterocycles. The van der Waals surface area contributed by atoms with Gasteiger partial charge in [-0.1, -0.05) is 36.4 Å². The molecule has 2 atom stereocenters. The molecule has 0 aliphatic rings. The molecule has 6 nitrogen and oxygen atoms in total. The van der Waals surface area contributed by atoms with Gasteiger partial charge in [0.1, 0.15) is 6.04 Å².